The fourth-order valence-electron chi connectivity index (χ4n) is 8.22. The van der Waals surface area contributed by atoms with Gasteiger partial charge < -0.3 is 5.11 Å². The zero-order valence-corrected chi connectivity index (χ0v) is 18.2. The van der Waals surface area contributed by atoms with Crippen LogP contribution in [0.3, 0.4) is 0 Å². The number of hydrogen-bond acceptors (Lipinski definition) is 4. The van der Waals surface area contributed by atoms with Crippen LogP contribution >= 0.6 is 11.3 Å². The lowest BCUT2D eigenvalue weighted by molar-refractivity contribution is -0.131. The second-order valence-corrected chi connectivity index (χ2v) is 11.9. The Morgan fingerprint density at radius 2 is 1.93 bits per heavy atom. The van der Waals surface area contributed by atoms with Crippen LogP contribution in [0, 0.1) is 40.9 Å². The Labute approximate surface area is 173 Å². The molecule has 3 nitrogen and oxygen atoms in total. The zero-order chi connectivity index (χ0) is 19.5. The van der Waals surface area contributed by atoms with Gasteiger partial charge in [0.2, 0.25) is 0 Å². The maximum atomic E-state index is 13.2. The molecule has 4 saturated carbocycles. The van der Waals surface area contributed by atoms with Gasteiger partial charge in [-0.25, -0.2) is 4.98 Å². The van der Waals surface area contributed by atoms with Crippen LogP contribution in [0.2, 0.25) is 0 Å². The van der Waals surface area contributed by atoms with Crippen molar-refractivity contribution < 1.29 is 9.90 Å². The molecule has 4 fully saturated rings. The van der Waals surface area contributed by atoms with Crippen molar-refractivity contribution >= 4 is 17.1 Å². The third kappa shape index (κ3) is 3.10. The number of rotatable bonds is 3. The van der Waals surface area contributed by atoms with E-state index in [0.717, 1.165) is 53.9 Å². The highest BCUT2D eigenvalue weighted by atomic mass is 32.1. The summed E-state index contributed by atoms with van der Waals surface area (Å²) < 4.78 is 0. The number of Topliss-reactive ketones (excluding diaryl/α,β-unsaturated/α-hetero) is 1. The Morgan fingerprint density at radius 3 is 2.71 bits per heavy atom. The summed E-state index contributed by atoms with van der Waals surface area (Å²) in [5, 5.41) is 13.5. The molecule has 0 aromatic carbocycles. The smallest absolute Gasteiger partial charge is 0.143 e. The maximum Gasteiger partial charge on any atom is 0.143 e. The molecule has 0 radical (unpaired) electrons. The van der Waals surface area contributed by atoms with Crippen molar-refractivity contribution in [3.8, 4) is 0 Å². The quantitative estimate of drug-likeness (QED) is 0.750. The molecule has 8 unspecified atom stereocenters. The largest absolute Gasteiger partial charge is 0.390 e. The number of nitrogens with zero attached hydrogens (tertiary/aromatic N) is 1. The van der Waals surface area contributed by atoms with Gasteiger partial charge in [0.15, 0.2) is 0 Å². The van der Waals surface area contributed by atoms with Crippen molar-refractivity contribution in [3.05, 3.63) is 16.6 Å². The molecule has 1 aromatic heterocycles. The van der Waals surface area contributed by atoms with Gasteiger partial charge in [0.25, 0.3) is 0 Å². The second-order valence-electron chi connectivity index (χ2n) is 10.9. The molecule has 0 aliphatic heterocycles. The first-order valence-corrected chi connectivity index (χ1v) is 12.4. The number of aliphatic hydroxyl groups is 1. The summed E-state index contributed by atoms with van der Waals surface area (Å²) in [6, 6.07) is 0. The van der Waals surface area contributed by atoms with E-state index in [4.69, 9.17) is 0 Å². The average molecular weight is 402 g/mol. The number of thiazole rings is 1. The van der Waals surface area contributed by atoms with E-state index < -0.39 is 5.60 Å². The van der Waals surface area contributed by atoms with Crippen molar-refractivity contribution in [1.82, 2.24) is 4.98 Å². The molecule has 154 valence electrons. The van der Waals surface area contributed by atoms with Crippen LogP contribution in [0.15, 0.2) is 11.6 Å². The average Bonchev–Trinajstić information content (AvgIpc) is 3.27. The fourth-order valence-corrected chi connectivity index (χ4v) is 8.85. The van der Waals surface area contributed by atoms with Crippen LogP contribution in [0.5, 0.6) is 0 Å². The molecule has 1 heterocycles. The normalized spacial score (nSPS) is 47.8. The molecule has 5 rings (SSSR count). The summed E-state index contributed by atoms with van der Waals surface area (Å²) in [5.41, 5.74) is -0.222. The molecule has 0 bridgehead atoms. The van der Waals surface area contributed by atoms with E-state index in [0.29, 0.717) is 12.2 Å². The van der Waals surface area contributed by atoms with Gasteiger partial charge in [-0.2, -0.15) is 0 Å². The summed E-state index contributed by atoms with van der Waals surface area (Å²) >= 11 is 1.62. The number of ketones is 1. The van der Waals surface area contributed by atoms with E-state index >= 15 is 0 Å². The summed E-state index contributed by atoms with van der Waals surface area (Å²) in [5.74, 6) is 4.65. The Morgan fingerprint density at radius 1 is 1.11 bits per heavy atom. The lowest BCUT2D eigenvalue weighted by Crippen LogP contribution is -2.51. The van der Waals surface area contributed by atoms with E-state index in [1.165, 1.54) is 38.5 Å². The molecule has 28 heavy (non-hydrogen) atoms. The van der Waals surface area contributed by atoms with E-state index in [9.17, 15) is 9.90 Å². The minimum atomic E-state index is -0.433. The lowest BCUT2D eigenvalue weighted by Gasteiger charge is -2.56. The molecule has 0 spiro atoms. The first-order chi connectivity index (χ1) is 13.4. The van der Waals surface area contributed by atoms with Crippen LogP contribution in [-0.2, 0) is 11.2 Å². The van der Waals surface area contributed by atoms with Crippen molar-refractivity contribution in [2.75, 3.05) is 0 Å². The number of carbonyl (C=O) groups is 1. The first kappa shape index (κ1) is 19.2. The summed E-state index contributed by atoms with van der Waals surface area (Å²) in [6.07, 6.45) is 13.1. The summed E-state index contributed by atoms with van der Waals surface area (Å²) in [4.78, 5) is 17.5. The Bertz CT molecular complexity index is 729. The number of carbonyl (C=O) groups excluding carboxylic acids is 1. The molecule has 1 N–H and O–H groups in total. The molecule has 4 aliphatic rings. The minimum Gasteiger partial charge on any atom is -0.390 e. The van der Waals surface area contributed by atoms with Crippen LogP contribution in [-0.4, -0.2) is 21.5 Å². The predicted molar refractivity (Wildman–Crippen MR) is 112 cm³/mol. The molecular weight excluding hydrogens is 366 g/mol. The molecule has 4 heteroatoms. The molecule has 8 atom stereocenters. The SMILES string of the molecule is CC1(O)CCC2C(CCC3C2CCC2(C)C(C(=O)Cc4nccs4)CCC32)C1. The van der Waals surface area contributed by atoms with Crippen molar-refractivity contribution in [3.63, 3.8) is 0 Å². The van der Waals surface area contributed by atoms with Crippen LogP contribution in [0.4, 0.5) is 0 Å². The van der Waals surface area contributed by atoms with Gasteiger partial charge in [-0.15, -0.1) is 11.3 Å². The van der Waals surface area contributed by atoms with Crippen LogP contribution in [0.25, 0.3) is 0 Å². The van der Waals surface area contributed by atoms with E-state index in [1.807, 2.05) is 18.5 Å². The Balaban J connectivity index is 1.32. The van der Waals surface area contributed by atoms with Crippen LogP contribution < -0.4 is 0 Å². The highest BCUT2D eigenvalue weighted by molar-refractivity contribution is 7.09. The van der Waals surface area contributed by atoms with Gasteiger partial charge >= 0.3 is 0 Å². The minimum absolute atomic E-state index is 0.211. The van der Waals surface area contributed by atoms with Crippen molar-refractivity contribution in [2.45, 2.75) is 83.7 Å². The molecule has 0 saturated heterocycles. The van der Waals surface area contributed by atoms with E-state index in [2.05, 4.69) is 11.9 Å². The number of aromatic nitrogens is 1. The standard InChI is InChI=1S/C24H35NO2S/c1-23(27)9-7-16-15(14-23)3-4-18-17(16)8-10-24(2)19(18)5-6-20(24)21(26)13-22-25-11-12-28-22/h11-12,15-20,27H,3-10,13-14H2,1-2H3. The van der Waals surface area contributed by atoms with Crippen molar-refractivity contribution in [1.29, 1.82) is 0 Å². The predicted octanol–water partition coefficient (Wildman–Crippen LogP) is 5.27. The third-order valence-electron chi connectivity index (χ3n) is 9.43. The second kappa shape index (κ2) is 6.91. The van der Waals surface area contributed by atoms with Gasteiger partial charge in [-0.1, -0.05) is 6.92 Å². The zero-order valence-electron chi connectivity index (χ0n) is 17.4. The molecular formula is C24H35NO2S. The molecule has 1 aromatic rings. The van der Waals surface area contributed by atoms with Gasteiger partial charge in [0, 0.05) is 17.5 Å². The van der Waals surface area contributed by atoms with Gasteiger partial charge in [-0.3, -0.25) is 4.79 Å². The monoisotopic (exact) mass is 401 g/mol. The van der Waals surface area contributed by atoms with Crippen LogP contribution in [0.1, 0.15) is 76.6 Å². The van der Waals surface area contributed by atoms with E-state index in [1.54, 1.807) is 11.3 Å². The molecule has 0 amide bonds. The summed E-state index contributed by atoms with van der Waals surface area (Å²) in [7, 11) is 0. The van der Waals surface area contributed by atoms with Gasteiger partial charge in [0.05, 0.1) is 17.0 Å². The fraction of sp³-hybridized carbons (Fsp3) is 0.833. The Hall–Kier alpha value is -0.740. The lowest BCUT2D eigenvalue weighted by atomic mass is 9.49. The van der Waals surface area contributed by atoms with E-state index in [-0.39, 0.29) is 11.3 Å². The topological polar surface area (TPSA) is 50.2 Å². The highest BCUT2D eigenvalue weighted by Crippen LogP contribution is 2.64. The van der Waals surface area contributed by atoms with Gasteiger partial charge in [-0.05, 0) is 99.7 Å². The summed E-state index contributed by atoms with van der Waals surface area (Å²) in [6.45, 7) is 4.49. The first-order valence-electron chi connectivity index (χ1n) is 11.5. The maximum absolute atomic E-state index is 13.2. The molecule has 4 aliphatic carbocycles. The third-order valence-corrected chi connectivity index (χ3v) is 10.2. The van der Waals surface area contributed by atoms with Gasteiger partial charge in [0.1, 0.15) is 5.78 Å². The highest BCUT2D eigenvalue weighted by Gasteiger charge is 2.58. The van der Waals surface area contributed by atoms with Crippen molar-refractivity contribution in [2.24, 2.45) is 40.9 Å². The number of fused-ring (bicyclic) bond motifs is 5. The Kier molecular flexibility index (Phi) is 4.74. The number of hydrogen-bond donors (Lipinski definition) is 1.